The molecule has 4 heteroatoms. The topological polar surface area (TPSA) is 24.9 Å². The molecule has 0 saturated carbocycles. The van der Waals surface area contributed by atoms with Gasteiger partial charge in [-0.1, -0.05) is 31.9 Å². The van der Waals surface area contributed by atoms with Crippen LogP contribution in [0, 0.1) is 5.82 Å². The Kier molecular flexibility index (Phi) is 5.15. The molecule has 1 unspecified atom stereocenters. The lowest BCUT2D eigenvalue weighted by atomic mass is 10.1. The number of hydrogen-bond donors (Lipinski definition) is 1. The van der Waals surface area contributed by atoms with Gasteiger partial charge in [-0.25, -0.2) is 4.39 Å². The van der Waals surface area contributed by atoms with E-state index in [9.17, 15) is 4.39 Å². The predicted molar refractivity (Wildman–Crippen MR) is 83.9 cm³/mol. The molecule has 1 aromatic heterocycles. The zero-order chi connectivity index (χ0) is 14.5. The minimum atomic E-state index is -0.228. The van der Waals surface area contributed by atoms with Gasteiger partial charge in [0.05, 0.1) is 5.69 Å². The van der Waals surface area contributed by atoms with Gasteiger partial charge in [-0.05, 0) is 42.8 Å². The van der Waals surface area contributed by atoms with Crippen molar-refractivity contribution in [3.05, 3.63) is 54.0 Å². The first kappa shape index (κ1) is 15.0. The summed E-state index contributed by atoms with van der Waals surface area (Å²) in [6.07, 6.45) is 1.87. The number of halogens is 1. The van der Waals surface area contributed by atoms with Gasteiger partial charge in [0.2, 0.25) is 0 Å². The summed E-state index contributed by atoms with van der Waals surface area (Å²) in [5, 5.41) is 0.545. The minimum Gasteiger partial charge on any atom is -0.257 e. The lowest BCUT2D eigenvalue weighted by Gasteiger charge is -2.15. The van der Waals surface area contributed by atoms with Crippen molar-refractivity contribution >= 4 is 11.9 Å². The predicted octanol–water partition coefficient (Wildman–Crippen LogP) is 4.59. The third-order valence-corrected chi connectivity index (χ3v) is 3.87. The van der Waals surface area contributed by atoms with Crippen LogP contribution in [0.1, 0.15) is 32.4 Å². The minimum absolute atomic E-state index is 0.228. The molecule has 0 aliphatic heterocycles. The van der Waals surface area contributed by atoms with E-state index in [2.05, 4.69) is 36.5 Å². The van der Waals surface area contributed by atoms with E-state index < -0.39 is 0 Å². The molecule has 1 aromatic carbocycles. The smallest absolute Gasteiger partial charge is 0.123 e. The van der Waals surface area contributed by atoms with Crippen molar-refractivity contribution in [3.8, 4) is 11.3 Å². The van der Waals surface area contributed by atoms with Gasteiger partial charge in [0.1, 0.15) is 5.82 Å². The molecule has 2 rings (SSSR count). The van der Waals surface area contributed by atoms with Crippen molar-refractivity contribution in [2.45, 2.75) is 32.1 Å². The average Bonchev–Trinajstić information content (AvgIpc) is 2.46. The summed E-state index contributed by atoms with van der Waals surface area (Å²) in [6, 6.07) is 10.7. The quantitative estimate of drug-likeness (QED) is 0.815. The van der Waals surface area contributed by atoms with Crippen LogP contribution < -0.4 is 4.72 Å². The van der Waals surface area contributed by atoms with Crippen LogP contribution >= 0.6 is 11.9 Å². The second-order valence-electron chi connectivity index (χ2n) is 4.99. The Balaban J connectivity index is 2.07. The third kappa shape index (κ3) is 4.05. The first-order valence-electron chi connectivity index (χ1n) is 6.69. The van der Waals surface area contributed by atoms with Gasteiger partial charge in [0.25, 0.3) is 0 Å². The normalized spacial score (nSPS) is 12.7. The lowest BCUT2D eigenvalue weighted by molar-refractivity contribution is 0.628. The van der Waals surface area contributed by atoms with E-state index in [1.807, 2.05) is 12.3 Å². The van der Waals surface area contributed by atoms with Crippen molar-refractivity contribution in [2.75, 3.05) is 0 Å². The van der Waals surface area contributed by atoms with E-state index in [-0.39, 0.29) is 11.9 Å². The summed E-state index contributed by atoms with van der Waals surface area (Å²) in [5.41, 5.74) is 2.93. The fourth-order valence-corrected chi connectivity index (χ4v) is 2.37. The highest BCUT2D eigenvalue weighted by Crippen LogP contribution is 2.21. The largest absolute Gasteiger partial charge is 0.257 e. The maximum atomic E-state index is 12.9. The van der Waals surface area contributed by atoms with Crippen molar-refractivity contribution in [1.29, 1.82) is 0 Å². The molecule has 0 aliphatic carbocycles. The molecule has 106 valence electrons. The molecule has 1 heterocycles. The second-order valence-corrected chi connectivity index (χ2v) is 6.40. The summed E-state index contributed by atoms with van der Waals surface area (Å²) in [6.45, 7) is 6.42. The molecular formula is C16H19FN2S. The van der Waals surface area contributed by atoms with Crippen LogP contribution in [0.2, 0.25) is 0 Å². The Labute approximate surface area is 124 Å². The summed E-state index contributed by atoms with van der Waals surface area (Å²) < 4.78 is 16.3. The molecule has 0 bridgehead atoms. The van der Waals surface area contributed by atoms with Gasteiger partial charge in [-0.3, -0.25) is 9.71 Å². The summed E-state index contributed by atoms with van der Waals surface area (Å²) in [5.74, 6) is -0.228. The van der Waals surface area contributed by atoms with Gasteiger partial charge in [0.15, 0.2) is 0 Å². The average molecular weight is 290 g/mol. The Hall–Kier alpha value is -1.39. The lowest BCUT2D eigenvalue weighted by Crippen LogP contribution is -2.13. The van der Waals surface area contributed by atoms with Crippen LogP contribution in [0.25, 0.3) is 11.3 Å². The zero-order valence-corrected chi connectivity index (χ0v) is 12.7. The third-order valence-electron chi connectivity index (χ3n) is 2.91. The standard InChI is InChI=1S/C16H19FN2S/c1-11(2)20-19-12(3)14-6-9-16(18-10-14)13-4-7-15(17)8-5-13/h4-12,19H,1-3H3. The van der Waals surface area contributed by atoms with E-state index in [0.717, 1.165) is 16.8 Å². The monoisotopic (exact) mass is 290 g/mol. The molecule has 2 nitrogen and oxygen atoms in total. The zero-order valence-electron chi connectivity index (χ0n) is 11.9. The number of rotatable bonds is 5. The SMILES string of the molecule is CC(C)SNC(C)c1ccc(-c2ccc(F)cc2)nc1. The number of nitrogens with one attached hydrogen (secondary N) is 1. The maximum Gasteiger partial charge on any atom is 0.123 e. The van der Waals surface area contributed by atoms with Gasteiger partial charge >= 0.3 is 0 Å². The van der Waals surface area contributed by atoms with E-state index >= 15 is 0 Å². The first-order chi connectivity index (χ1) is 9.56. The molecule has 0 spiro atoms. The maximum absolute atomic E-state index is 12.9. The molecule has 1 atom stereocenters. The fraction of sp³-hybridized carbons (Fsp3) is 0.312. The number of benzene rings is 1. The highest BCUT2D eigenvalue weighted by Gasteiger charge is 2.07. The second kappa shape index (κ2) is 6.86. The molecule has 1 N–H and O–H groups in total. The van der Waals surface area contributed by atoms with Crippen LogP contribution in [-0.2, 0) is 0 Å². The summed E-state index contributed by atoms with van der Waals surface area (Å²) in [7, 11) is 0. The Morgan fingerprint density at radius 2 is 1.75 bits per heavy atom. The van der Waals surface area contributed by atoms with Crippen molar-refractivity contribution in [2.24, 2.45) is 0 Å². The van der Waals surface area contributed by atoms with Crippen molar-refractivity contribution in [3.63, 3.8) is 0 Å². The number of nitrogens with zero attached hydrogens (tertiary/aromatic N) is 1. The molecular weight excluding hydrogens is 271 g/mol. The van der Waals surface area contributed by atoms with E-state index in [1.165, 1.54) is 12.1 Å². The Bertz CT molecular complexity index is 537. The molecule has 0 amide bonds. The van der Waals surface area contributed by atoms with Crippen LogP contribution in [0.15, 0.2) is 42.6 Å². The number of aromatic nitrogens is 1. The molecule has 0 aliphatic rings. The van der Waals surface area contributed by atoms with Crippen LogP contribution in [0.5, 0.6) is 0 Å². The molecule has 0 radical (unpaired) electrons. The van der Waals surface area contributed by atoms with E-state index in [1.54, 1.807) is 24.1 Å². The molecule has 0 fully saturated rings. The van der Waals surface area contributed by atoms with E-state index in [0.29, 0.717) is 5.25 Å². The van der Waals surface area contributed by atoms with Gasteiger partial charge in [-0.15, -0.1) is 0 Å². The van der Waals surface area contributed by atoms with Gasteiger partial charge in [-0.2, -0.15) is 0 Å². The van der Waals surface area contributed by atoms with Gasteiger partial charge < -0.3 is 0 Å². The molecule has 0 saturated heterocycles. The highest BCUT2D eigenvalue weighted by molar-refractivity contribution is 7.97. The summed E-state index contributed by atoms with van der Waals surface area (Å²) >= 11 is 1.72. The number of hydrogen-bond acceptors (Lipinski definition) is 3. The molecule has 2 aromatic rings. The van der Waals surface area contributed by atoms with Crippen molar-refractivity contribution < 1.29 is 4.39 Å². The van der Waals surface area contributed by atoms with Crippen LogP contribution in [0.3, 0.4) is 0 Å². The Morgan fingerprint density at radius 1 is 1.05 bits per heavy atom. The molecule has 20 heavy (non-hydrogen) atoms. The fourth-order valence-electron chi connectivity index (χ4n) is 1.76. The van der Waals surface area contributed by atoms with E-state index in [4.69, 9.17) is 0 Å². The highest BCUT2D eigenvalue weighted by atomic mass is 32.2. The Morgan fingerprint density at radius 3 is 2.30 bits per heavy atom. The van der Waals surface area contributed by atoms with Gasteiger partial charge in [0, 0.05) is 23.1 Å². The van der Waals surface area contributed by atoms with Crippen molar-refractivity contribution in [1.82, 2.24) is 9.71 Å². The van der Waals surface area contributed by atoms with Crippen LogP contribution in [-0.4, -0.2) is 10.2 Å². The van der Waals surface area contributed by atoms with Crippen LogP contribution in [0.4, 0.5) is 4.39 Å². The number of pyridine rings is 1. The first-order valence-corrected chi connectivity index (χ1v) is 7.57. The summed E-state index contributed by atoms with van der Waals surface area (Å²) in [4.78, 5) is 4.46.